The number of aromatic nitrogens is 3. The number of hydrogen-bond acceptors (Lipinski definition) is 2. The molecule has 0 fully saturated rings. The van der Waals surface area contributed by atoms with E-state index in [4.69, 9.17) is 11.6 Å². The molecule has 0 bridgehead atoms. The summed E-state index contributed by atoms with van der Waals surface area (Å²) in [4.78, 5) is 0. The number of alkyl halides is 1. The molecule has 0 saturated heterocycles. The molecule has 0 spiro atoms. The van der Waals surface area contributed by atoms with Crippen molar-refractivity contribution in [2.45, 2.75) is 12.3 Å². The minimum atomic E-state index is -0.0579. The van der Waals surface area contributed by atoms with Crippen LogP contribution in [0.2, 0.25) is 0 Å². The molecule has 9 heavy (non-hydrogen) atoms. The van der Waals surface area contributed by atoms with Crippen molar-refractivity contribution in [2.24, 2.45) is 7.05 Å². The zero-order valence-corrected chi connectivity index (χ0v) is 6.13. The molecular weight excluding hydrogens is 138 g/mol. The molecule has 0 aromatic carbocycles. The monoisotopic (exact) mass is 145 g/mol. The molecule has 1 rings (SSSR count). The summed E-state index contributed by atoms with van der Waals surface area (Å²) < 4.78 is 1.80. The summed E-state index contributed by atoms with van der Waals surface area (Å²) in [6.07, 6.45) is 1.63. The molecular formula is C5H8ClN3. The molecule has 0 unspecified atom stereocenters. The van der Waals surface area contributed by atoms with E-state index >= 15 is 0 Å². The lowest BCUT2D eigenvalue weighted by molar-refractivity contribution is 0.791. The average molecular weight is 146 g/mol. The van der Waals surface area contributed by atoms with E-state index in [0.717, 1.165) is 5.82 Å². The van der Waals surface area contributed by atoms with Gasteiger partial charge in [-0.1, -0.05) is 0 Å². The second-order valence-corrected chi connectivity index (χ2v) is 2.57. The van der Waals surface area contributed by atoms with Crippen LogP contribution < -0.4 is 0 Å². The van der Waals surface area contributed by atoms with Gasteiger partial charge in [0.15, 0.2) is 0 Å². The van der Waals surface area contributed by atoms with E-state index in [-0.39, 0.29) is 5.38 Å². The quantitative estimate of drug-likeness (QED) is 0.555. The Labute approximate surface area is 58.7 Å². The van der Waals surface area contributed by atoms with Crippen molar-refractivity contribution in [1.82, 2.24) is 14.8 Å². The fourth-order valence-electron chi connectivity index (χ4n) is 0.652. The SMILES string of the molecule is C[C@@H](Cl)c1nncn1C. The van der Waals surface area contributed by atoms with Gasteiger partial charge >= 0.3 is 0 Å². The topological polar surface area (TPSA) is 30.7 Å². The van der Waals surface area contributed by atoms with Crippen LogP contribution in [0.25, 0.3) is 0 Å². The lowest BCUT2D eigenvalue weighted by atomic mass is 10.4. The van der Waals surface area contributed by atoms with Gasteiger partial charge in [0, 0.05) is 7.05 Å². The molecule has 0 radical (unpaired) electrons. The van der Waals surface area contributed by atoms with Crippen LogP contribution in [-0.2, 0) is 7.05 Å². The maximum Gasteiger partial charge on any atom is 0.150 e. The molecule has 1 atom stereocenters. The molecule has 0 aliphatic rings. The van der Waals surface area contributed by atoms with Gasteiger partial charge in [-0.05, 0) is 6.92 Å². The second-order valence-electron chi connectivity index (χ2n) is 1.92. The van der Waals surface area contributed by atoms with Gasteiger partial charge in [-0.15, -0.1) is 21.8 Å². The van der Waals surface area contributed by atoms with Crippen LogP contribution in [0.1, 0.15) is 18.1 Å². The van der Waals surface area contributed by atoms with Crippen LogP contribution in [0.5, 0.6) is 0 Å². The normalized spacial score (nSPS) is 13.7. The van der Waals surface area contributed by atoms with Crippen LogP contribution in [0.4, 0.5) is 0 Å². The number of nitrogens with zero attached hydrogens (tertiary/aromatic N) is 3. The Hall–Kier alpha value is -0.570. The van der Waals surface area contributed by atoms with Crippen LogP contribution in [0.3, 0.4) is 0 Å². The van der Waals surface area contributed by atoms with E-state index in [1.807, 2.05) is 14.0 Å². The van der Waals surface area contributed by atoms with Gasteiger partial charge in [-0.2, -0.15) is 0 Å². The standard InChI is InChI=1S/C5H8ClN3/c1-4(6)5-8-7-3-9(5)2/h3-4H,1-2H3/t4-/m1/s1. The summed E-state index contributed by atoms with van der Waals surface area (Å²) in [6.45, 7) is 1.87. The van der Waals surface area contributed by atoms with Crippen LogP contribution in [0, 0.1) is 0 Å². The van der Waals surface area contributed by atoms with Gasteiger partial charge in [0.2, 0.25) is 0 Å². The van der Waals surface area contributed by atoms with E-state index in [1.54, 1.807) is 10.9 Å². The third-order valence-electron chi connectivity index (χ3n) is 1.10. The summed E-state index contributed by atoms with van der Waals surface area (Å²) in [5.41, 5.74) is 0. The first kappa shape index (κ1) is 6.55. The fraction of sp³-hybridized carbons (Fsp3) is 0.600. The van der Waals surface area contributed by atoms with Gasteiger partial charge in [0.05, 0.1) is 5.38 Å². The Bertz CT molecular complexity index is 194. The number of hydrogen-bond donors (Lipinski definition) is 0. The molecule has 0 aliphatic heterocycles. The molecule has 1 aromatic rings. The van der Waals surface area contributed by atoms with E-state index in [0.29, 0.717) is 0 Å². The average Bonchev–Trinajstić information content (AvgIpc) is 2.13. The molecule has 0 N–H and O–H groups in total. The van der Waals surface area contributed by atoms with E-state index in [2.05, 4.69) is 10.2 Å². The highest BCUT2D eigenvalue weighted by atomic mass is 35.5. The van der Waals surface area contributed by atoms with E-state index < -0.39 is 0 Å². The third-order valence-corrected chi connectivity index (χ3v) is 1.30. The second kappa shape index (κ2) is 2.35. The highest BCUT2D eigenvalue weighted by Crippen LogP contribution is 2.14. The van der Waals surface area contributed by atoms with Gasteiger partial charge in [-0.3, -0.25) is 0 Å². The molecule has 1 aromatic heterocycles. The first-order valence-electron chi connectivity index (χ1n) is 2.70. The lowest BCUT2D eigenvalue weighted by Crippen LogP contribution is -1.96. The Morgan fingerprint density at radius 3 is 2.67 bits per heavy atom. The predicted molar refractivity (Wildman–Crippen MR) is 35.3 cm³/mol. The summed E-state index contributed by atoms with van der Waals surface area (Å²) in [5, 5.41) is 7.41. The van der Waals surface area contributed by atoms with Crippen molar-refractivity contribution in [3.63, 3.8) is 0 Å². The fourth-order valence-corrected chi connectivity index (χ4v) is 0.850. The molecule has 0 amide bonds. The van der Waals surface area contributed by atoms with Gasteiger partial charge in [0.1, 0.15) is 12.2 Å². The zero-order valence-electron chi connectivity index (χ0n) is 5.37. The molecule has 3 nitrogen and oxygen atoms in total. The van der Waals surface area contributed by atoms with Gasteiger partial charge < -0.3 is 4.57 Å². The minimum Gasteiger partial charge on any atom is -0.319 e. The number of halogens is 1. The first-order chi connectivity index (χ1) is 4.22. The molecule has 1 heterocycles. The first-order valence-corrected chi connectivity index (χ1v) is 3.13. The maximum absolute atomic E-state index is 5.73. The van der Waals surface area contributed by atoms with Gasteiger partial charge in [0.25, 0.3) is 0 Å². The predicted octanol–water partition coefficient (Wildman–Crippen LogP) is 1.11. The van der Waals surface area contributed by atoms with Crippen molar-refractivity contribution in [2.75, 3.05) is 0 Å². The largest absolute Gasteiger partial charge is 0.319 e. The summed E-state index contributed by atoms with van der Waals surface area (Å²) in [7, 11) is 1.87. The van der Waals surface area contributed by atoms with E-state index in [9.17, 15) is 0 Å². The minimum absolute atomic E-state index is 0.0579. The number of rotatable bonds is 1. The highest BCUT2D eigenvalue weighted by Gasteiger charge is 2.05. The van der Waals surface area contributed by atoms with Crippen LogP contribution in [-0.4, -0.2) is 14.8 Å². The Balaban J connectivity index is 2.94. The smallest absolute Gasteiger partial charge is 0.150 e. The van der Waals surface area contributed by atoms with Crippen LogP contribution in [0.15, 0.2) is 6.33 Å². The van der Waals surface area contributed by atoms with Crippen LogP contribution >= 0.6 is 11.6 Å². The van der Waals surface area contributed by atoms with Crippen molar-refractivity contribution in [3.8, 4) is 0 Å². The Kier molecular flexibility index (Phi) is 1.71. The summed E-state index contributed by atoms with van der Waals surface area (Å²) >= 11 is 5.73. The van der Waals surface area contributed by atoms with Crippen molar-refractivity contribution in [3.05, 3.63) is 12.2 Å². The van der Waals surface area contributed by atoms with E-state index in [1.165, 1.54) is 0 Å². The van der Waals surface area contributed by atoms with Gasteiger partial charge in [-0.25, -0.2) is 0 Å². The summed E-state index contributed by atoms with van der Waals surface area (Å²) in [5.74, 6) is 0.802. The molecule has 50 valence electrons. The van der Waals surface area contributed by atoms with Crippen molar-refractivity contribution < 1.29 is 0 Å². The van der Waals surface area contributed by atoms with Crippen molar-refractivity contribution in [1.29, 1.82) is 0 Å². The number of aryl methyl sites for hydroxylation is 1. The maximum atomic E-state index is 5.73. The summed E-state index contributed by atoms with van der Waals surface area (Å²) in [6, 6.07) is 0. The highest BCUT2D eigenvalue weighted by molar-refractivity contribution is 6.20. The lowest BCUT2D eigenvalue weighted by Gasteiger charge is -1.98. The Morgan fingerprint density at radius 1 is 1.78 bits per heavy atom. The molecule has 0 aliphatic carbocycles. The van der Waals surface area contributed by atoms with Crippen molar-refractivity contribution >= 4 is 11.6 Å². The zero-order chi connectivity index (χ0) is 6.85. The molecule has 4 heteroatoms. The third kappa shape index (κ3) is 1.21. The Morgan fingerprint density at radius 2 is 2.44 bits per heavy atom. The molecule has 0 saturated carbocycles.